The number of rotatable bonds is 5. The minimum Gasteiger partial charge on any atom is -0.393 e. The van der Waals surface area contributed by atoms with Gasteiger partial charge in [0.15, 0.2) is 0 Å². The molecule has 0 saturated heterocycles. The van der Waals surface area contributed by atoms with E-state index in [0.717, 1.165) is 57.6 Å². The molecule has 0 amide bonds. The lowest BCUT2D eigenvalue weighted by atomic mass is 9.44. The van der Waals surface area contributed by atoms with Gasteiger partial charge in [0, 0.05) is 6.61 Å². The average Bonchev–Trinajstić information content (AvgIpc) is 2.95. The van der Waals surface area contributed by atoms with Gasteiger partial charge in [-0.2, -0.15) is 0 Å². The molecular weight excluding hydrogens is 350 g/mol. The number of hydrogen-bond acceptors (Lipinski definition) is 4. The second-order valence-electron chi connectivity index (χ2n) is 11.4. The molecule has 0 aliphatic heterocycles. The summed E-state index contributed by atoms with van der Waals surface area (Å²) >= 11 is 0. The van der Waals surface area contributed by atoms with E-state index >= 15 is 0 Å². The van der Waals surface area contributed by atoms with Crippen molar-refractivity contribution in [1.82, 2.24) is 4.90 Å². The van der Waals surface area contributed by atoms with Crippen molar-refractivity contribution in [3.8, 4) is 0 Å². The molecule has 0 spiro atoms. The van der Waals surface area contributed by atoms with Crippen molar-refractivity contribution < 1.29 is 14.9 Å². The van der Waals surface area contributed by atoms with Crippen molar-refractivity contribution in [2.45, 2.75) is 89.9 Å². The molecule has 162 valence electrons. The lowest BCUT2D eigenvalue weighted by Gasteiger charge is -2.62. The molecule has 4 aliphatic rings. The minimum atomic E-state index is -0.195. The SMILES string of the molecule is CN(C)CCCO[C@H]1CC[C@@]2(C)[C@H](C1)[C@H](O)C[C@@H]1[C@@H]2CC[C@]2(C)[C@@H](O)CC[C@@H]12. The second kappa shape index (κ2) is 7.83. The molecule has 4 rings (SSSR count). The Morgan fingerprint density at radius 2 is 1.61 bits per heavy atom. The fourth-order valence-electron chi connectivity index (χ4n) is 8.02. The van der Waals surface area contributed by atoms with Gasteiger partial charge in [-0.25, -0.2) is 0 Å². The van der Waals surface area contributed by atoms with E-state index in [-0.39, 0.29) is 23.0 Å². The molecule has 28 heavy (non-hydrogen) atoms. The molecule has 0 bridgehead atoms. The number of ether oxygens (including phenoxy) is 1. The average molecular weight is 394 g/mol. The zero-order valence-corrected chi connectivity index (χ0v) is 18.6. The van der Waals surface area contributed by atoms with Crippen LogP contribution in [0.1, 0.15) is 71.6 Å². The first-order valence-corrected chi connectivity index (χ1v) is 11.9. The molecule has 4 nitrogen and oxygen atoms in total. The maximum Gasteiger partial charge on any atom is 0.0596 e. The smallest absolute Gasteiger partial charge is 0.0596 e. The van der Waals surface area contributed by atoms with Crippen LogP contribution in [0.4, 0.5) is 0 Å². The maximum atomic E-state index is 11.2. The molecule has 0 radical (unpaired) electrons. The Morgan fingerprint density at radius 1 is 0.893 bits per heavy atom. The number of aliphatic hydroxyl groups excluding tert-OH is 2. The second-order valence-corrected chi connectivity index (χ2v) is 11.4. The largest absolute Gasteiger partial charge is 0.393 e. The van der Waals surface area contributed by atoms with Crippen molar-refractivity contribution in [3.63, 3.8) is 0 Å². The highest BCUT2D eigenvalue weighted by Crippen LogP contribution is 2.66. The molecule has 0 heterocycles. The molecule has 4 aliphatic carbocycles. The lowest BCUT2D eigenvalue weighted by Crippen LogP contribution is -2.58. The van der Waals surface area contributed by atoms with E-state index in [1.807, 2.05) is 0 Å². The molecule has 4 fully saturated rings. The Morgan fingerprint density at radius 3 is 2.36 bits per heavy atom. The number of aliphatic hydroxyl groups is 2. The predicted octanol–water partition coefficient (Wildman–Crippen LogP) is 3.70. The number of fused-ring (bicyclic) bond motifs is 5. The first-order valence-electron chi connectivity index (χ1n) is 11.9. The topological polar surface area (TPSA) is 52.9 Å². The first kappa shape index (κ1) is 21.1. The monoisotopic (exact) mass is 393 g/mol. The van der Waals surface area contributed by atoms with Crippen LogP contribution in [-0.2, 0) is 4.74 Å². The Labute approximate surface area is 172 Å². The van der Waals surface area contributed by atoms with Gasteiger partial charge >= 0.3 is 0 Å². The lowest BCUT2D eigenvalue weighted by molar-refractivity contribution is -0.179. The summed E-state index contributed by atoms with van der Waals surface area (Å²) in [6.45, 7) is 6.72. The van der Waals surface area contributed by atoms with Crippen LogP contribution < -0.4 is 0 Å². The fraction of sp³-hybridized carbons (Fsp3) is 1.00. The molecule has 4 saturated carbocycles. The highest BCUT2D eigenvalue weighted by Gasteiger charge is 2.62. The molecule has 0 unspecified atom stereocenters. The summed E-state index contributed by atoms with van der Waals surface area (Å²) in [6.07, 6.45) is 9.94. The van der Waals surface area contributed by atoms with E-state index in [9.17, 15) is 10.2 Å². The van der Waals surface area contributed by atoms with Crippen LogP contribution in [0.2, 0.25) is 0 Å². The van der Waals surface area contributed by atoms with Crippen molar-refractivity contribution in [3.05, 3.63) is 0 Å². The van der Waals surface area contributed by atoms with Crippen LogP contribution in [0.3, 0.4) is 0 Å². The third kappa shape index (κ3) is 3.46. The minimum absolute atomic E-state index is 0.0941. The Balaban J connectivity index is 1.43. The maximum absolute atomic E-state index is 11.2. The third-order valence-electron chi connectivity index (χ3n) is 9.68. The van der Waals surface area contributed by atoms with Crippen LogP contribution in [0.5, 0.6) is 0 Å². The number of hydrogen-bond donors (Lipinski definition) is 2. The highest BCUT2D eigenvalue weighted by atomic mass is 16.5. The quantitative estimate of drug-likeness (QED) is 0.700. The summed E-state index contributed by atoms with van der Waals surface area (Å²) in [7, 11) is 4.22. The zero-order valence-electron chi connectivity index (χ0n) is 18.6. The van der Waals surface area contributed by atoms with Gasteiger partial charge in [-0.05, 0) is 113 Å². The fourth-order valence-corrected chi connectivity index (χ4v) is 8.02. The molecule has 2 N–H and O–H groups in total. The standard InChI is InChI=1S/C24H43NO3/c1-23-10-8-16(28-13-5-12-25(3)4)14-20(23)21(26)15-17-18-6-7-22(27)24(18,2)11-9-19(17)23/h16-22,26-27H,5-15H2,1-4H3/t16-,17-,18-,19-,20+,21+,22-,23+,24-/m0/s1. The van der Waals surface area contributed by atoms with E-state index in [2.05, 4.69) is 32.8 Å². The van der Waals surface area contributed by atoms with Crippen molar-refractivity contribution in [2.24, 2.45) is 34.5 Å². The summed E-state index contributed by atoms with van der Waals surface area (Å²) in [4.78, 5) is 2.21. The Kier molecular flexibility index (Phi) is 5.90. The molecule has 9 atom stereocenters. The van der Waals surface area contributed by atoms with Gasteiger partial charge in [-0.1, -0.05) is 13.8 Å². The van der Waals surface area contributed by atoms with Gasteiger partial charge in [0.05, 0.1) is 18.3 Å². The number of nitrogens with zero attached hydrogens (tertiary/aromatic N) is 1. The van der Waals surface area contributed by atoms with E-state index in [4.69, 9.17) is 4.74 Å². The van der Waals surface area contributed by atoms with Crippen LogP contribution in [0, 0.1) is 34.5 Å². The van der Waals surface area contributed by atoms with Crippen LogP contribution in [-0.4, -0.2) is 60.7 Å². The van der Waals surface area contributed by atoms with E-state index in [1.165, 1.54) is 19.3 Å². The summed E-state index contributed by atoms with van der Waals surface area (Å²) in [6, 6.07) is 0. The van der Waals surface area contributed by atoms with Crippen molar-refractivity contribution in [1.29, 1.82) is 0 Å². The molecule has 0 aromatic rings. The van der Waals surface area contributed by atoms with Crippen molar-refractivity contribution >= 4 is 0 Å². The molecule has 0 aromatic carbocycles. The molecule has 0 aromatic heterocycles. The van der Waals surface area contributed by atoms with Crippen LogP contribution >= 0.6 is 0 Å². The van der Waals surface area contributed by atoms with Gasteiger partial charge < -0.3 is 19.8 Å². The van der Waals surface area contributed by atoms with Crippen molar-refractivity contribution in [2.75, 3.05) is 27.2 Å². The summed E-state index contributed by atoms with van der Waals surface area (Å²) in [5.41, 5.74) is 0.345. The highest BCUT2D eigenvalue weighted by molar-refractivity contribution is 5.11. The van der Waals surface area contributed by atoms with Gasteiger partial charge in [-0.3, -0.25) is 0 Å². The van der Waals surface area contributed by atoms with E-state index in [1.54, 1.807) is 0 Å². The van der Waals surface area contributed by atoms with Gasteiger partial charge in [0.1, 0.15) is 0 Å². The molecule has 4 heteroatoms. The van der Waals surface area contributed by atoms with Crippen LogP contribution in [0.25, 0.3) is 0 Å². The summed E-state index contributed by atoms with van der Waals surface area (Å²) in [5, 5.41) is 21.8. The summed E-state index contributed by atoms with van der Waals surface area (Å²) in [5.74, 6) is 2.31. The Hall–Kier alpha value is -0.160. The van der Waals surface area contributed by atoms with Crippen LogP contribution in [0.15, 0.2) is 0 Å². The van der Waals surface area contributed by atoms with E-state index < -0.39 is 0 Å². The Bertz CT molecular complexity index is 554. The molecular formula is C24H43NO3. The zero-order chi connectivity index (χ0) is 20.1. The summed E-state index contributed by atoms with van der Waals surface area (Å²) < 4.78 is 6.24. The van der Waals surface area contributed by atoms with Gasteiger partial charge in [0.25, 0.3) is 0 Å². The van der Waals surface area contributed by atoms with E-state index in [0.29, 0.717) is 23.9 Å². The normalized spacial score (nSPS) is 50.9. The van der Waals surface area contributed by atoms with Gasteiger partial charge in [0.2, 0.25) is 0 Å². The first-order chi connectivity index (χ1) is 13.3. The van der Waals surface area contributed by atoms with Gasteiger partial charge in [-0.15, -0.1) is 0 Å². The third-order valence-corrected chi connectivity index (χ3v) is 9.68. The predicted molar refractivity (Wildman–Crippen MR) is 112 cm³/mol.